The molecule has 0 atom stereocenters. The maximum absolute atomic E-state index is 13.3. The van der Waals surface area contributed by atoms with Gasteiger partial charge in [0.1, 0.15) is 17.4 Å². The number of anilines is 1. The first kappa shape index (κ1) is 15.4. The Labute approximate surface area is 115 Å². The fourth-order valence-corrected chi connectivity index (χ4v) is 1.52. The van der Waals surface area contributed by atoms with E-state index in [0.717, 1.165) is 6.07 Å². The van der Waals surface area contributed by atoms with Crippen molar-refractivity contribution in [3.05, 3.63) is 29.6 Å². The van der Waals surface area contributed by atoms with Gasteiger partial charge in [-0.05, 0) is 18.6 Å². The molecule has 0 unspecified atom stereocenters. The van der Waals surface area contributed by atoms with Crippen molar-refractivity contribution in [2.24, 2.45) is 0 Å². The predicted octanol–water partition coefficient (Wildman–Crippen LogP) is 2.03. The van der Waals surface area contributed by atoms with Crippen LogP contribution in [0.1, 0.15) is 18.4 Å². The van der Waals surface area contributed by atoms with E-state index in [2.05, 4.69) is 5.32 Å². The van der Waals surface area contributed by atoms with E-state index in [4.69, 9.17) is 10.4 Å². The smallest absolute Gasteiger partial charge is 0.321 e. The zero-order chi connectivity index (χ0) is 15.1. The number of carbonyl (C=O) groups excluding carboxylic acids is 1. The summed E-state index contributed by atoms with van der Waals surface area (Å²) in [5, 5.41) is 19.8. The molecule has 0 fully saturated rings. The van der Waals surface area contributed by atoms with Crippen LogP contribution in [0.2, 0.25) is 0 Å². The van der Waals surface area contributed by atoms with Crippen LogP contribution in [0.4, 0.5) is 14.9 Å². The third-order valence-electron chi connectivity index (χ3n) is 2.60. The number of carboxylic acid groups (broad SMARTS) is 1. The van der Waals surface area contributed by atoms with Gasteiger partial charge in [-0.3, -0.25) is 4.79 Å². The average Bonchev–Trinajstić information content (AvgIpc) is 2.38. The number of rotatable bonds is 5. The standard InChI is InChI=1S/C13H14FN3O3/c1-17(7-3-6-12(18)19)13(20)16-11-5-2-4-10(14)9(11)8-15/h2,4-5H,3,6-7H2,1H3,(H,16,20)(H,18,19). The molecule has 0 aliphatic heterocycles. The normalized spacial score (nSPS) is 9.65. The van der Waals surface area contributed by atoms with Gasteiger partial charge in [0.05, 0.1) is 5.69 Å². The van der Waals surface area contributed by atoms with Crippen molar-refractivity contribution >= 4 is 17.7 Å². The predicted molar refractivity (Wildman–Crippen MR) is 69.6 cm³/mol. The van der Waals surface area contributed by atoms with Gasteiger partial charge >= 0.3 is 12.0 Å². The quantitative estimate of drug-likeness (QED) is 0.862. The molecule has 0 saturated carbocycles. The summed E-state index contributed by atoms with van der Waals surface area (Å²) in [6.45, 7) is 0.245. The first-order valence-electron chi connectivity index (χ1n) is 5.88. The molecule has 1 aromatic rings. The second-order valence-electron chi connectivity index (χ2n) is 4.12. The minimum absolute atomic E-state index is 0.0406. The lowest BCUT2D eigenvalue weighted by Crippen LogP contribution is -2.32. The van der Waals surface area contributed by atoms with Gasteiger partial charge in [-0.1, -0.05) is 6.07 Å². The van der Waals surface area contributed by atoms with Crippen molar-refractivity contribution in [2.45, 2.75) is 12.8 Å². The Hall–Kier alpha value is -2.62. The van der Waals surface area contributed by atoms with Gasteiger partial charge in [0.15, 0.2) is 0 Å². The molecule has 0 spiro atoms. The molecule has 2 N–H and O–H groups in total. The minimum Gasteiger partial charge on any atom is -0.481 e. The van der Waals surface area contributed by atoms with Gasteiger partial charge < -0.3 is 15.3 Å². The largest absolute Gasteiger partial charge is 0.481 e. The van der Waals surface area contributed by atoms with E-state index >= 15 is 0 Å². The lowest BCUT2D eigenvalue weighted by atomic mass is 10.2. The van der Waals surface area contributed by atoms with E-state index in [1.54, 1.807) is 6.07 Å². The van der Waals surface area contributed by atoms with Crippen molar-refractivity contribution in [3.63, 3.8) is 0 Å². The molecule has 106 valence electrons. The minimum atomic E-state index is -0.935. The molecular formula is C13H14FN3O3. The number of benzene rings is 1. The third-order valence-corrected chi connectivity index (χ3v) is 2.60. The summed E-state index contributed by atoms with van der Waals surface area (Å²) in [4.78, 5) is 23.4. The molecule has 2 amide bonds. The highest BCUT2D eigenvalue weighted by Gasteiger charge is 2.13. The molecule has 1 rings (SSSR count). The van der Waals surface area contributed by atoms with Crippen molar-refractivity contribution in [1.29, 1.82) is 5.26 Å². The number of hydrogen-bond donors (Lipinski definition) is 2. The molecule has 0 radical (unpaired) electrons. The topological polar surface area (TPSA) is 93.4 Å². The molecule has 0 heterocycles. The number of nitrogens with one attached hydrogen (secondary N) is 1. The molecule has 7 heteroatoms. The highest BCUT2D eigenvalue weighted by atomic mass is 19.1. The molecule has 1 aromatic carbocycles. The Kier molecular flexibility index (Phi) is 5.47. The zero-order valence-electron chi connectivity index (χ0n) is 10.9. The van der Waals surface area contributed by atoms with Gasteiger partial charge in [0.25, 0.3) is 0 Å². The van der Waals surface area contributed by atoms with Crippen LogP contribution in [0.3, 0.4) is 0 Å². The number of urea groups is 1. The molecule has 20 heavy (non-hydrogen) atoms. The van der Waals surface area contributed by atoms with Crippen LogP contribution in [0.15, 0.2) is 18.2 Å². The van der Waals surface area contributed by atoms with Crippen LogP contribution in [0.5, 0.6) is 0 Å². The second kappa shape index (κ2) is 7.09. The van der Waals surface area contributed by atoms with Gasteiger partial charge in [0, 0.05) is 20.0 Å². The Morgan fingerprint density at radius 1 is 1.50 bits per heavy atom. The Bertz CT molecular complexity index is 554. The van der Waals surface area contributed by atoms with Gasteiger partial charge in [0.2, 0.25) is 0 Å². The molecular weight excluding hydrogens is 265 g/mol. The number of aliphatic carboxylic acids is 1. The van der Waals surface area contributed by atoms with Crippen LogP contribution in [-0.4, -0.2) is 35.6 Å². The van der Waals surface area contributed by atoms with E-state index in [0.29, 0.717) is 6.42 Å². The molecule has 0 aromatic heterocycles. The van der Waals surface area contributed by atoms with Crippen LogP contribution < -0.4 is 5.32 Å². The number of halogens is 1. The van der Waals surface area contributed by atoms with Crippen LogP contribution in [-0.2, 0) is 4.79 Å². The van der Waals surface area contributed by atoms with Gasteiger partial charge in [-0.2, -0.15) is 5.26 Å². The van der Waals surface area contributed by atoms with Crippen molar-refractivity contribution < 1.29 is 19.1 Å². The van der Waals surface area contributed by atoms with Crippen LogP contribution in [0, 0.1) is 17.1 Å². The maximum Gasteiger partial charge on any atom is 0.321 e. The van der Waals surface area contributed by atoms with Crippen LogP contribution in [0.25, 0.3) is 0 Å². The average molecular weight is 279 g/mol. The van der Waals surface area contributed by atoms with Crippen molar-refractivity contribution in [3.8, 4) is 6.07 Å². The molecule has 0 saturated heterocycles. The fraction of sp³-hybridized carbons (Fsp3) is 0.308. The van der Waals surface area contributed by atoms with Crippen molar-refractivity contribution in [1.82, 2.24) is 4.90 Å². The number of nitriles is 1. The van der Waals surface area contributed by atoms with E-state index < -0.39 is 17.8 Å². The van der Waals surface area contributed by atoms with Gasteiger partial charge in [-0.25, -0.2) is 9.18 Å². The Morgan fingerprint density at radius 3 is 2.80 bits per heavy atom. The van der Waals surface area contributed by atoms with Gasteiger partial charge in [-0.15, -0.1) is 0 Å². The van der Waals surface area contributed by atoms with E-state index in [9.17, 15) is 14.0 Å². The third kappa shape index (κ3) is 4.24. The number of carboxylic acids is 1. The summed E-state index contributed by atoms with van der Waals surface area (Å²) in [6, 6.07) is 5.09. The lowest BCUT2D eigenvalue weighted by Gasteiger charge is -2.18. The molecule has 6 nitrogen and oxygen atoms in total. The summed E-state index contributed by atoms with van der Waals surface area (Å²) >= 11 is 0. The summed E-state index contributed by atoms with van der Waals surface area (Å²) in [5.41, 5.74) is -0.151. The number of hydrogen-bond acceptors (Lipinski definition) is 3. The molecule has 0 bridgehead atoms. The first-order valence-corrected chi connectivity index (χ1v) is 5.88. The van der Waals surface area contributed by atoms with E-state index in [1.165, 1.54) is 24.1 Å². The number of amides is 2. The van der Waals surface area contributed by atoms with Crippen LogP contribution >= 0.6 is 0 Å². The SMILES string of the molecule is CN(CCCC(=O)O)C(=O)Nc1cccc(F)c1C#N. The lowest BCUT2D eigenvalue weighted by molar-refractivity contribution is -0.137. The summed E-state index contributed by atoms with van der Waals surface area (Å²) in [7, 11) is 1.49. The van der Waals surface area contributed by atoms with E-state index in [1.807, 2.05) is 0 Å². The molecule has 0 aliphatic carbocycles. The summed E-state index contributed by atoms with van der Waals surface area (Å²) in [6.07, 6.45) is 0.272. The summed E-state index contributed by atoms with van der Waals surface area (Å²) in [5.74, 6) is -1.64. The monoisotopic (exact) mass is 279 g/mol. The van der Waals surface area contributed by atoms with E-state index in [-0.39, 0.29) is 24.2 Å². The zero-order valence-corrected chi connectivity index (χ0v) is 10.9. The highest BCUT2D eigenvalue weighted by Crippen LogP contribution is 2.18. The first-order chi connectivity index (χ1) is 9.45. The molecule has 0 aliphatic rings. The fourth-order valence-electron chi connectivity index (χ4n) is 1.52. The Balaban J connectivity index is 2.65. The number of nitrogens with zero attached hydrogens (tertiary/aromatic N) is 2. The maximum atomic E-state index is 13.3. The second-order valence-corrected chi connectivity index (χ2v) is 4.12. The summed E-state index contributed by atoms with van der Waals surface area (Å²) < 4.78 is 13.3. The Morgan fingerprint density at radius 2 is 2.20 bits per heavy atom. The highest BCUT2D eigenvalue weighted by molar-refractivity contribution is 5.90. The number of carbonyl (C=O) groups is 2. The van der Waals surface area contributed by atoms with Crippen molar-refractivity contribution in [2.75, 3.05) is 18.9 Å².